The minimum atomic E-state index is -1.33. The first-order chi connectivity index (χ1) is 17.7. The van der Waals surface area contributed by atoms with Crippen LogP contribution >= 0.6 is 0 Å². The number of rotatable bonds is 5. The summed E-state index contributed by atoms with van der Waals surface area (Å²) in [5, 5.41) is 51.7. The number of phenols is 1. The number of benzene rings is 1. The van der Waals surface area contributed by atoms with Crippen molar-refractivity contribution >= 4 is 17.8 Å². The molecule has 2 fully saturated rings. The van der Waals surface area contributed by atoms with E-state index in [0.29, 0.717) is 29.7 Å². The van der Waals surface area contributed by atoms with E-state index in [4.69, 9.17) is 9.84 Å². The van der Waals surface area contributed by atoms with Crippen LogP contribution in [0.25, 0.3) is 0 Å². The molecule has 2 saturated carbocycles. The molecule has 38 heavy (non-hydrogen) atoms. The third-order valence-electron chi connectivity index (χ3n) is 10.4. The van der Waals surface area contributed by atoms with Crippen LogP contribution in [0, 0.1) is 22.7 Å². The molecule has 1 aromatic rings. The number of hydrogen-bond donors (Lipinski definition) is 5. The van der Waals surface area contributed by atoms with E-state index in [-0.39, 0.29) is 36.1 Å². The Bertz CT molecular complexity index is 1210. The highest BCUT2D eigenvalue weighted by molar-refractivity contribution is 6.02. The molecule has 2 heterocycles. The van der Waals surface area contributed by atoms with Gasteiger partial charge in [0.2, 0.25) is 0 Å². The highest BCUT2D eigenvalue weighted by Gasteiger charge is 2.69. The molecule has 0 aromatic heterocycles. The van der Waals surface area contributed by atoms with Crippen molar-refractivity contribution in [1.82, 2.24) is 4.90 Å². The van der Waals surface area contributed by atoms with Gasteiger partial charge in [-0.25, -0.2) is 4.79 Å². The van der Waals surface area contributed by atoms with Crippen molar-refractivity contribution in [3.8, 4) is 11.5 Å². The Labute approximate surface area is 221 Å². The Morgan fingerprint density at radius 1 is 1.16 bits per heavy atom. The molecule has 4 aliphatic rings. The summed E-state index contributed by atoms with van der Waals surface area (Å²) in [4.78, 5) is 37.5. The third kappa shape index (κ3) is 3.49. The molecule has 1 aromatic carbocycles. The number of fused-ring (bicyclic) bond motifs is 5. The van der Waals surface area contributed by atoms with Gasteiger partial charge in [0, 0.05) is 29.4 Å². The molecule has 5 rings (SSSR count). The Kier molecular flexibility index (Phi) is 6.04. The van der Waals surface area contributed by atoms with Crippen LogP contribution in [0.5, 0.6) is 11.5 Å². The van der Waals surface area contributed by atoms with Crippen LogP contribution < -0.4 is 4.74 Å². The second kappa shape index (κ2) is 8.58. The van der Waals surface area contributed by atoms with Crippen molar-refractivity contribution in [3.63, 3.8) is 0 Å². The standard InChI is InChI=1S/C28H37NO9/c1-13-5-7-20-26(2,3)23(34)19(31)11-27(20,4)28(13)10-15-18(30)9-14-16(22(15)38-28)12-29(24(14)35)17(25(36)37)6-8-21(32)33/h9,13,17,19-20,23,30-31,34H,5-8,10-12H2,1-4H3,(H,32,33)(H,36,37)/t13-,17-,19-,20-,23-,27+,28-/m1/s1. The molecule has 7 atom stereocenters. The van der Waals surface area contributed by atoms with E-state index in [0.717, 1.165) is 17.7 Å². The predicted molar refractivity (Wildman–Crippen MR) is 134 cm³/mol. The average Bonchev–Trinajstić information content (AvgIpc) is 3.37. The summed E-state index contributed by atoms with van der Waals surface area (Å²) in [6.07, 6.45) is -0.0906. The number of phenolic OH excluding ortho intramolecular Hbond substituents is 1. The molecule has 5 N–H and O–H groups in total. The fraction of sp³-hybridized carbons (Fsp3) is 0.679. The van der Waals surface area contributed by atoms with E-state index in [1.54, 1.807) is 0 Å². The Hall–Kier alpha value is -2.85. The molecule has 0 radical (unpaired) electrons. The molecule has 10 heteroatoms. The first-order valence-electron chi connectivity index (χ1n) is 13.3. The summed E-state index contributed by atoms with van der Waals surface area (Å²) in [5.74, 6) is -2.68. The van der Waals surface area contributed by atoms with Gasteiger partial charge in [-0.15, -0.1) is 0 Å². The number of amides is 1. The molecule has 208 valence electrons. The Morgan fingerprint density at radius 2 is 1.84 bits per heavy atom. The summed E-state index contributed by atoms with van der Waals surface area (Å²) >= 11 is 0. The maximum atomic E-state index is 13.3. The number of aliphatic hydroxyl groups excluding tert-OH is 2. The predicted octanol–water partition coefficient (Wildman–Crippen LogP) is 2.54. The number of aliphatic hydroxyl groups is 2. The second-order valence-corrected chi connectivity index (χ2v) is 12.6. The maximum absolute atomic E-state index is 13.3. The molecular weight excluding hydrogens is 494 g/mol. The van der Waals surface area contributed by atoms with E-state index in [2.05, 4.69) is 13.8 Å². The van der Waals surface area contributed by atoms with Crippen LogP contribution in [-0.2, 0) is 22.6 Å². The lowest BCUT2D eigenvalue weighted by atomic mass is 9.43. The molecule has 2 aliphatic carbocycles. The van der Waals surface area contributed by atoms with Gasteiger partial charge in [0.05, 0.1) is 24.3 Å². The first-order valence-corrected chi connectivity index (χ1v) is 13.3. The summed E-state index contributed by atoms with van der Waals surface area (Å²) < 4.78 is 6.88. The van der Waals surface area contributed by atoms with Crippen LogP contribution in [0.4, 0.5) is 0 Å². The summed E-state index contributed by atoms with van der Waals surface area (Å²) in [6, 6.07) is 0.0385. The van der Waals surface area contributed by atoms with Crippen LogP contribution in [0.2, 0.25) is 0 Å². The highest BCUT2D eigenvalue weighted by Crippen LogP contribution is 2.67. The van der Waals surface area contributed by atoms with Gasteiger partial charge >= 0.3 is 11.9 Å². The number of hydrogen-bond acceptors (Lipinski definition) is 7. The number of nitrogens with zero attached hydrogens (tertiary/aromatic N) is 1. The fourth-order valence-corrected chi connectivity index (χ4v) is 8.35. The van der Waals surface area contributed by atoms with Gasteiger partial charge in [0.15, 0.2) is 0 Å². The number of carbonyl (C=O) groups is 3. The van der Waals surface area contributed by atoms with Crippen molar-refractivity contribution in [2.24, 2.45) is 22.7 Å². The molecule has 1 amide bonds. The van der Waals surface area contributed by atoms with Gasteiger partial charge in [-0.3, -0.25) is 9.59 Å². The summed E-state index contributed by atoms with van der Waals surface area (Å²) in [6.45, 7) is 8.08. The normalized spacial score (nSPS) is 35.8. The zero-order valence-corrected chi connectivity index (χ0v) is 22.2. The summed E-state index contributed by atoms with van der Waals surface area (Å²) in [7, 11) is 0. The average molecular weight is 532 g/mol. The van der Waals surface area contributed by atoms with Gasteiger partial charge in [0.1, 0.15) is 23.1 Å². The zero-order chi connectivity index (χ0) is 27.9. The topological polar surface area (TPSA) is 165 Å². The summed E-state index contributed by atoms with van der Waals surface area (Å²) in [5.41, 5.74) is -0.733. The largest absolute Gasteiger partial charge is 0.508 e. The number of carboxylic acid groups (broad SMARTS) is 2. The number of carboxylic acids is 2. The minimum Gasteiger partial charge on any atom is -0.508 e. The second-order valence-electron chi connectivity index (χ2n) is 12.6. The highest BCUT2D eigenvalue weighted by atomic mass is 16.5. The zero-order valence-electron chi connectivity index (χ0n) is 22.2. The molecular formula is C28H37NO9. The fourth-order valence-electron chi connectivity index (χ4n) is 8.35. The van der Waals surface area contributed by atoms with Crippen LogP contribution in [-0.4, -0.2) is 72.1 Å². The van der Waals surface area contributed by atoms with E-state index in [9.17, 15) is 34.8 Å². The first kappa shape index (κ1) is 26.7. The van der Waals surface area contributed by atoms with Crippen LogP contribution in [0.15, 0.2) is 6.07 Å². The molecule has 0 saturated heterocycles. The number of ether oxygens (including phenoxy) is 1. The number of aromatic hydroxyl groups is 1. The van der Waals surface area contributed by atoms with Crippen LogP contribution in [0.1, 0.15) is 81.3 Å². The monoisotopic (exact) mass is 531 g/mol. The van der Waals surface area contributed by atoms with Crippen molar-refractivity contribution in [2.75, 3.05) is 0 Å². The number of aliphatic carboxylic acids is 2. The van der Waals surface area contributed by atoms with Crippen LogP contribution in [0.3, 0.4) is 0 Å². The Morgan fingerprint density at radius 3 is 2.47 bits per heavy atom. The van der Waals surface area contributed by atoms with Gasteiger partial charge < -0.3 is 35.2 Å². The lowest BCUT2D eigenvalue weighted by Gasteiger charge is -2.64. The van der Waals surface area contributed by atoms with Crippen molar-refractivity contribution in [2.45, 2.75) is 96.6 Å². The van der Waals surface area contributed by atoms with Gasteiger partial charge in [0.25, 0.3) is 5.91 Å². The lowest BCUT2D eigenvalue weighted by Crippen LogP contribution is -2.69. The maximum Gasteiger partial charge on any atom is 0.326 e. The number of carbonyl (C=O) groups excluding carboxylic acids is 1. The van der Waals surface area contributed by atoms with Crippen molar-refractivity contribution < 1.29 is 44.7 Å². The van der Waals surface area contributed by atoms with Crippen molar-refractivity contribution in [3.05, 3.63) is 22.8 Å². The van der Waals surface area contributed by atoms with Gasteiger partial charge in [-0.1, -0.05) is 27.7 Å². The van der Waals surface area contributed by atoms with Crippen molar-refractivity contribution in [1.29, 1.82) is 0 Å². The molecule has 0 bridgehead atoms. The molecule has 1 spiro atoms. The van der Waals surface area contributed by atoms with E-state index in [1.165, 1.54) is 6.07 Å². The minimum absolute atomic E-state index is 0.0274. The lowest BCUT2D eigenvalue weighted by molar-refractivity contribution is -0.240. The Balaban J connectivity index is 1.56. The quantitative estimate of drug-likeness (QED) is 0.384. The third-order valence-corrected chi connectivity index (χ3v) is 10.4. The smallest absolute Gasteiger partial charge is 0.326 e. The van der Waals surface area contributed by atoms with E-state index < -0.39 is 58.9 Å². The van der Waals surface area contributed by atoms with Gasteiger partial charge in [-0.2, -0.15) is 0 Å². The molecule has 2 aliphatic heterocycles. The van der Waals surface area contributed by atoms with E-state index >= 15 is 0 Å². The molecule has 0 unspecified atom stereocenters. The SMILES string of the molecule is C[C@@H]1CC[C@@H]2C(C)(C)[C@H](O)[C@H](O)C[C@]2(C)[C@@]12Cc1c(O)cc3c(c1O2)CN([C@H](CCC(=O)O)C(=O)O)C3=O. The molecule has 10 nitrogen and oxygen atoms in total. The van der Waals surface area contributed by atoms with E-state index in [1.807, 2.05) is 13.8 Å². The van der Waals surface area contributed by atoms with Gasteiger partial charge in [-0.05, 0) is 49.0 Å².